The number of morpholine rings is 1. The Morgan fingerprint density at radius 3 is 2.18 bits per heavy atom. The van der Waals surface area contributed by atoms with Crippen LogP contribution in [0.25, 0.3) is 0 Å². The molecule has 2 aromatic carbocycles. The Morgan fingerprint density at radius 2 is 1.57 bits per heavy atom. The molecule has 0 radical (unpaired) electrons. The largest absolute Gasteiger partial charge is 0.370 e. The van der Waals surface area contributed by atoms with E-state index >= 15 is 0 Å². The zero-order valence-corrected chi connectivity index (χ0v) is 17.9. The molecule has 150 valence electrons. The molecule has 1 fully saturated rings. The first-order valence-electron chi connectivity index (χ1n) is 10.2. The number of rotatable bonds is 6. The van der Waals surface area contributed by atoms with Gasteiger partial charge in [0.05, 0.1) is 19.3 Å². The van der Waals surface area contributed by atoms with Crippen molar-refractivity contribution in [1.82, 2.24) is 5.32 Å². The third kappa shape index (κ3) is 5.53. The highest BCUT2D eigenvalue weighted by Crippen LogP contribution is 2.18. The van der Waals surface area contributed by atoms with Crippen LogP contribution in [0.15, 0.2) is 54.6 Å². The fourth-order valence-corrected chi connectivity index (χ4v) is 4.20. The zero-order valence-electron chi connectivity index (χ0n) is 17.1. The SMILES string of the molecule is CC(C)c1ccc(NC(=S)N[C@H](C)[C@@H](c2ccccc2)[NH+]2CCOCC2)cc1. The Bertz CT molecular complexity index is 742. The molecule has 0 saturated carbocycles. The van der Waals surface area contributed by atoms with Crippen LogP contribution >= 0.6 is 12.2 Å². The number of hydrogen-bond donors (Lipinski definition) is 3. The van der Waals surface area contributed by atoms with Gasteiger partial charge in [-0.15, -0.1) is 0 Å². The summed E-state index contributed by atoms with van der Waals surface area (Å²) in [6, 6.07) is 19.8. The van der Waals surface area contributed by atoms with Gasteiger partial charge in [0.25, 0.3) is 0 Å². The van der Waals surface area contributed by atoms with Crippen molar-refractivity contribution in [3.8, 4) is 0 Å². The van der Waals surface area contributed by atoms with Gasteiger partial charge < -0.3 is 20.3 Å². The van der Waals surface area contributed by atoms with E-state index in [1.165, 1.54) is 11.1 Å². The van der Waals surface area contributed by atoms with Gasteiger partial charge in [0.1, 0.15) is 19.1 Å². The van der Waals surface area contributed by atoms with E-state index in [0.717, 1.165) is 32.0 Å². The molecular weight excluding hydrogens is 366 g/mol. The van der Waals surface area contributed by atoms with E-state index in [4.69, 9.17) is 17.0 Å². The van der Waals surface area contributed by atoms with Crippen LogP contribution in [-0.2, 0) is 4.74 Å². The standard InChI is InChI=1S/C23H31N3OS/c1-17(2)19-9-11-21(12-10-19)25-23(28)24-18(3)22(20-7-5-4-6-8-20)26-13-15-27-16-14-26/h4-12,17-18,22H,13-16H2,1-3H3,(H2,24,25,28)/p+1/t18-,22+/m1/s1. The minimum Gasteiger partial charge on any atom is -0.370 e. The van der Waals surface area contributed by atoms with E-state index in [0.29, 0.717) is 17.1 Å². The maximum Gasteiger partial charge on any atom is 0.171 e. The van der Waals surface area contributed by atoms with Crippen LogP contribution in [0.5, 0.6) is 0 Å². The van der Waals surface area contributed by atoms with Crippen LogP contribution in [0.2, 0.25) is 0 Å². The molecule has 3 rings (SSSR count). The fourth-order valence-electron chi connectivity index (χ4n) is 3.89. The van der Waals surface area contributed by atoms with Crippen molar-refractivity contribution in [2.75, 3.05) is 31.6 Å². The van der Waals surface area contributed by atoms with Gasteiger partial charge in [0.2, 0.25) is 0 Å². The molecule has 2 aromatic rings. The average molecular weight is 399 g/mol. The number of quaternary nitrogens is 1. The van der Waals surface area contributed by atoms with Crippen LogP contribution in [0.1, 0.15) is 43.9 Å². The third-order valence-corrected chi connectivity index (χ3v) is 5.65. The van der Waals surface area contributed by atoms with Crippen LogP contribution in [0.4, 0.5) is 5.69 Å². The number of nitrogens with one attached hydrogen (secondary N) is 3. The van der Waals surface area contributed by atoms with Crippen molar-refractivity contribution in [3.05, 3.63) is 65.7 Å². The maximum atomic E-state index is 5.61. The molecule has 0 amide bonds. The molecule has 2 atom stereocenters. The lowest BCUT2D eigenvalue weighted by atomic mass is 9.98. The van der Waals surface area contributed by atoms with E-state index in [9.17, 15) is 0 Å². The molecular formula is C23H32N3OS+. The van der Waals surface area contributed by atoms with Gasteiger partial charge in [-0.3, -0.25) is 0 Å². The smallest absolute Gasteiger partial charge is 0.171 e. The number of thiocarbonyl (C=S) groups is 1. The predicted octanol–water partition coefficient (Wildman–Crippen LogP) is 3.14. The first-order chi connectivity index (χ1) is 13.5. The van der Waals surface area contributed by atoms with Crippen molar-refractivity contribution in [2.24, 2.45) is 0 Å². The number of ether oxygens (including phenoxy) is 1. The summed E-state index contributed by atoms with van der Waals surface area (Å²) < 4.78 is 5.57. The fraction of sp³-hybridized carbons (Fsp3) is 0.435. The average Bonchev–Trinajstić information content (AvgIpc) is 2.70. The van der Waals surface area contributed by atoms with Crippen molar-refractivity contribution in [1.29, 1.82) is 0 Å². The molecule has 1 aliphatic rings. The summed E-state index contributed by atoms with van der Waals surface area (Å²) in [7, 11) is 0. The van der Waals surface area contributed by atoms with E-state index in [2.05, 4.69) is 86.0 Å². The Hall–Kier alpha value is -1.95. The highest BCUT2D eigenvalue weighted by molar-refractivity contribution is 7.80. The zero-order chi connectivity index (χ0) is 19.9. The van der Waals surface area contributed by atoms with Gasteiger partial charge in [0.15, 0.2) is 5.11 Å². The second kappa shape index (κ2) is 10.0. The minimum atomic E-state index is 0.199. The van der Waals surface area contributed by atoms with E-state index in [1.807, 2.05) is 0 Å². The molecule has 0 aromatic heterocycles. The maximum absolute atomic E-state index is 5.61. The molecule has 4 nitrogen and oxygen atoms in total. The van der Waals surface area contributed by atoms with Gasteiger partial charge in [-0.25, -0.2) is 0 Å². The minimum absolute atomic E-state index is 0.199. The Morgan fingerprint density at radius 1 is 0.929 bits per heavy atom. The van der Waals surface area contributed by atoms with Gasteiger partial charge in [-0.05, 0) is 42.8 Å². The van der Waals surface area contributed by atoms with Gasteiger partial charge >= 0.3 is 0 Å². The lowest BCUT2D eigenvalue weighted by Gasteiger charge is -2.35. The molecule has 0 aliphatic carbocycles. The summed E-state index contributed by atoms with van der Waals surface area (Å²) in [6.45, 7) is 10.3. The molecule has 1 heterocycles. The summed E-state index contributed by atoms with van der Waals surface area (Å²) in [5, 5.41) is 7.52. The van der Waals surface area contributed by atoms with E-state index in [-0.39, 0.29) is 6.04 Å². The lowest BCUT2D eigenvalue weighted by molar-refractivity contribution is -0.940. The molecule has 0 bridgehead atoms. The van der Waals surface area contributed by atoms with Crippen LogP contribution in [-0.4, -0.2) is 37.5 Å². The summed E-state index contributed by atoms with van der Waals surface area (Å²) in [5.74, 6) is 0.530. The third-order valence-electron chi connectivity index (χ3n) is 5.43. The normalized spacial score (nSPS) is 17.1. The van der Waals surface area contributed by atoms with Gasteiger partial charge in [-0.1, -0.05) is 56.3 Å². The van der Waals surface area contributed by atoms with E-state index in [1.54, 1.807) is 4.90 Å². The van der Waals surface area contributed by atoms with Crippen molar-refractivity contribution in [3.63, 3.8) is 0 Å². The highest BCUT2D eigenvalue weighted by atomic mass is 32.1. The topological polar surface area (TPSA) is 37.7 Å². The van der Waals surface area contributed by atoms with Crippen molar-refractivity contribution >= 4 is 23.0 Å². The van der Waals surface area contributed by atoms with Crippen molar-refractivity contribution in [2.45, 2.75) is 38.8 Å². The predicted molar refractivity (Wildman–Crippen MR) is 120 cm³/mol. The summed E-state index contributed by atoms with van der Waals surface area (Å²) >= 11 is 5.61. The molecule has 3 N–H and O–H groups in total. The monoisotopic (exact) mass is 398 g/mol. The summed E-state index contributed by atoms with van der Waals surface area (Å²) in [5.41, 5.74) is 3.69. The Balaban J connectivity index is 1.66. The summed E-state index contributed by atoms with van der Waals surface area (Å²) in [4.78, 5) is 1.54. The Kier molecular flexibility index (Phi) is 7.43. The van der Waals surface area contributed by atoms with Crippen LogP contribution < -0.4 is 15.5 Å². The second-order valence-corrected chi connectivity index (χ2v) is 8.23. The molecule has 28 heavy (non-hydrogen) atoms. The Labute approximate surface area is 174 Å². The molecule has 5 heteroatoms. The first kappa shape index (κ1) is 20.8. The van der Waals surface area contributed by atoms with Crippen LogP contribution in [0, 0.1) is 0 Å². The van der Waals surface area contributed by atoms with Gasteiger partial charge in [-0.2, -0.15) is 0 Å². The van der Waals surface area contributed by atoms with Gasteiger partial charge in [0, 0.05) is 11.3 Å². The second-order valence-electron chi connectivity index (χ2n) is 7.82. The quantitative estimate of drug-likeness (QED) is 0.654. The van der Waals surface area contributed by atoms with Crippen molar-refractivity contribution < 1.29 is 9.64 Å². The molecule has 0 unspecified atom stereocenters. The molecule has 1 aliphatic heterocycles. The number of benzene rings is 2. The van der Waals surface area contributed by atoms with Crippen LogP contribution in [0.3, 0.4) is 0 Å². The highest BCUT2D eigenvalue weighted by Gasteiger charge is 2.31. The first-order valence-corrected chi connectivity index (χ1v) is 10.6. The number of anilines is 1. The van der Waals surface area contributed by atoms with E-state index < -0.39 is 0 Å². The lowest BCUT2D eigenvalue weighted by Crippen LogP contribution is -3.15. The number of hydrogen-bond acceptors (Lipinski definition) is 2. The molecule has 1 saturated heterocycles. The summed E-state index contributed by atoms with van der Waals surface area (Å²) in [6.07, 6.45) is 0. The molecule has 0 spiro atoms.